The van der Waals surface area contributed by atoms with Crippen LogP contribution in [0.1, 0.15) is 53.4 Å². The van der Waals surface area contributed by atoms with E-state index in [1.54, 1.807) is 11.8 Å². The van der Waals surface area contributed by atoms with Gasteiger partial charge in [0.05, 0.1) is 17.7 Å². The van der Waals surface area contributed by atoms with E-state index in [9.17, 15) is 4.79 Å². The Labute approximate surface area is 126 Å². The van der Waals surface area contributed by atoms with E-state index < -0.39 is 5.54 Å². The topological polar surface area (TPSA) is 50.7 Å². The summed E-state index contributed by atoms with van der Waals surface area (Å²) in [5.41, 5.74) is 1.06. The molecule has 0 bridgehead atoms. The first kappa shape index (κ1) is 17.1. The van der Waals surface area contributed by atoms with Gasteiger partial charge < -0.3 is 10.1 Å². The molecule has 0 aromatic heterocycles. The van der Waals surface area contributed by atoms with Crippen molar-refractivity contribution in [1.82, 2.24) is 5.32 Å². The van der Waals surface area contributed by atoms with Crippen LogP contribution in [0.5, 0.6) is 0 Å². The molecule has 0 radical (unpaired) electrons. The van der Waals surface area contributed by atoms with Crippen molar-refractivity contribution in [3.8, 4) is 0 Å². The molecule has 0 saturated carbocycles. The van der Waals surface area contributed by atoms with Crippen molar-refractivity contribution in [2.45, 2.75) is 58.9 Å². The summed E-state index contributed by atoms with van der Waals surface area (Å²) in [6, 6.07) is 0. The molecular formula is C15H26N2O2S. The first-order chi connectivity index (χ1) is 9.48. The molecule has 5 heteroatoms. The predicted molar refractivity (Wildman–Crippen MR) is 86.0 cm³/mol. The Kier molecular flexibility index (Phi) is 6.59. The van der Waals surface area contributed by atoms with Gasteiger partial charge in [-0.05, 0) is 33.4 Å². The molecule has 0 spiro atoms. The fraction of sp³-hybridized carbons (Fsp3) is 0.733. The maximum Gasteiger partial charge on any atom is 0.338 e. The van der Waals surface area contributed by atoms with Crippen LogP contribution in [0.15, 0.2) is 16.3 Å². The number of ether oxygens (including phenoxy) is 1. The number of hydrogen-bond acceptors (Lipinski definition) is 5. The largest absolute Gasteiger partial charge is 0.463 e. The third-order valence-electron chi connectivity index (χ3n) is 3.50. The number of carbonyl (C=O) groups excluding carboxylic acids is 1. The van der Waals surface area contributed by atoms with E-state index in [2.05, 4.69) is 12.2 Å². The number of hydrogen-bond donors (Lipinski definition) is 1. The molecule has 0 aromatic carbocycles. The highest BCUT2D eigenvalue weighted by molar-refractivity contribution is 8.13. The number of amidine groups is 1. The first-order valence-electron chi connectivity index (χ1n) is 7.27. The van der Waals surface area contributed by atoms with Gasteiger partial charge in [0.2, 0.25) is 0 Å². The SMILES string of the molecule is CCCCCC1(C)N=C(SC)NC(C)=C1C(=O)OCC. The Balaban J connectivity index is 3.04. The van der Waals surface area contributed by atoms with E-state index in [0.29, 0.717) is 12.2 Å². The fourth-order valence-electron chi connectivity index (χ4n) is 2.51. The third-order valence-corrected chi connectivity index (χ3v) is 4.08. The van der Waals surface area contributed by atoms with Gasteiger partial charge in [-0.1, -0.05) is 37.9 Å². The lowest BCUT2D eigenvalue weighted by Crippen LogP contribution is -2.41. The van der Waals surface area contributed by atoms with Crippen LogP contribution >= 0.6 is 11.8 Å². The Morgan fingerprint density at radius 1 is 1.40 bits per heavy atom. The lowest BCUT2D eigenvalue weighted by molar-refractivity contribution is -0.139. The van der Waals surface area contributed by atoms with Crippen LogP contribution in [0.3, 0.4) is 0 Å². The van der Waals surface area contributed by atoms with E-state index >= 15 is 0 Å². The van der Waals surface area contributed by atoms with Gasteiger partial charge in [-0.25, -0.2) is 4.79 Å². The zero-order chi connectivity index (χ0) is 15.2. The summed E-state index contributed by atoms with van der Waals surface area (Å²) in [4.78, 5) is 17.0. The number of esters is 1. The highest BCUT2D eigenvalue weighted by Gasteiger charge is 2.38. The number of nitrogens with zero attached hydrogens (tertiary/aromatic N) is 1. The van der Waals surface area contributed by atoms with Crippen LogP contribution in [0, 0.1) is 0 Å². The highest BCUT2D eigenvalue weighted by Crippen LogP contribution is 2.34. The molecule has 20 heavy (non-hydrogen) atoms. The van der Waals surface area contributed by atoms with Crippen LogP contribution in [-0.2, 0) is 9.53 Å². The molecular weight excluding hydrogens is 272 g/mol. The molecule has 0 fully saturated rings. The molecule has 1 atom stereocenters. The Morgan fingerprint density at radius 3 is 2.65 bits per heavy atom. The Morgan fingerprint density at radius 2 is 2.10 bits per heavy atom. The number of nitrogens with one attached hydrogen (secondary N) is 1. The van der Waals surface area contributed by atoms with Gasteiger partial charge in [-0.3, -0.25) is 4.99 Å². The second-order valence-corrected chi connectivity index (χ2v) is 5.99. The minimum Gasteiger partial charge on any atom is -0.463 e. The van der Waals surface area contributed by atoms with Crippen molar-refractivity contribution in [3.05, 3.63) is 11.3 Å². The summed E-state index contributed by atoms with van der Waals surface area (Å²) in [7, 11) is 0. The van der Waals surface area contributed by atoms with Gasteiger partial charge in [0, 0.05) is 5.70 Å². The van der Waals surface area contributed by atoms with Gasteiger partial charge >= 0.3 is 5.97 Å². The minimum atomic E-state index is -0.477. The molecule has 1 aliphatic rings. The Hall–Kier alpha value is -0.970. The molecule has 114 valence electrons. The molecule has 0 amide bonds. The maximum absolute atomic E-state index is 12.3. The van der Waals surface area contributed by atoms with Crippen LogP contribution < -0.4 is 5.32 Å². The smallest absolute Gasteiger partial charge is 0.338 e. The van der Waals surface area contributed by atoms with Crippen LogP contribution in [0.25, 0.3) is 0 Å². The summed E-state index contributed by atoms with van der Waals surface area (Å²) < 4.78 is 5.21. The minimum absolute atomic E-state index is 0.250. The second kappa shape index (κ2) is 7.72. The summed E-state index contributed by atoms with van der Waals surface area (Å²) in [5.74, 6) is -0.250. The average Bonchev–Trinajstić information content (AvgIpc) is 2.38. The molecule has 1 heterocycles. The molecule has 0 saturated heterocycles. The lowest BCUT2D eigenvalue weighted by Gasteiger charge is -2.33. The van der Waals surface area contributed by atoms with Crippen molar-refractivity contribution in [2.75, 3.05) is 12.9 Å². The second-order valence-electron chi connectivity index (χ2n) is 5.20. The predicted octanol–water partition coefficient (Wildman–Crippen LogP) is 3.48. The number of carbonyl (C=O) groups is 1. The van der Waals surface area contributed by atoms with E-state index in [1.807, 2.05) is 27.0 Å². The maximum atomic E-state index is 12.3. The Bertz CT molecular complexity index is 418. The molecule has 1 rings (SSSR count). The number of unbranched alkanes of at least 4 members (excludes halogenated alkanes) is 2. The van der Waals surface area contributed by atoms with E-state index in [-0.39, 0.29) is 5.97 Å². The van der Waals surface area contributed by atoms with Crippen LogP contribution in [-0.4, -0.2) is 29.5 Å². The number of aliphatic imine (C=N–C) groups is 1. The van der Waals surface area contributed by atoms with E-state index in [1.165, 1.54) is 0 Å². The molecule has 1 N–H and O–H groups in total. The number of allylic oxidation sites excluding steroid dienone is 1. The summed E-state index contributed by atoms with van der Waals surface area (Å²) >= 11 is 1.57. The van der Waals surface area contributed by atoms with Gasteiger partial charge in [0.15, 0.2) is 5.17 Å². The summed E-state index contributed by atoms with van der Waals surface area (Å²) in [6.45, 7) is 8.36. The number of thioether (sulfide) groups is 1. The van der Waals surface area contributed by atoms with Gasteiger partial charge in [-0.15, -0.1) is 0 Å². The normalized spacial score (nSPS) is 22.4. The lowest BCUT2D eigenvalue weighted by atomic mass is 9.84. The molecule has 0 aliphatic carbocycles. The van der Waals surface area contributed by atoms with Crippen LogP contribution in [0.2, 0.25) is 0 Å². The molecule has 1 unspecified atom stereocenters. The third kappa shape index (κ3) is 4.01. The molecule has 4 nitrogen and oxygen atoms in total. The van der Waals surface area contributed by atoms with Crippen molar-refractivity contribution in [1.29, 1.82) is 0 Å². The number of rotatable bonds is 6. The zero-order valence-corrected chi connectivity index (χ0v) is 14.0. The van der Waals surface area contributed by atoms with Crippen LogP contribution in [0.4, 0.5) is 0 Å². The quantitative estimate of drug-likeness (QED) is 0.602. The van der Waals surface area contributed by atoms with Crippen molar-refractivity contribution in [3.63, 3.8) is 0 Å². The summed E-state index contributed by atoms with van der Waals surface area (Å²) in [6.07, 6.45) is 6.24. The molecule has 1 aliphatic heterocycles. The van der Waals surface area contributed by atoms with E-state index in [4.69, 9.17) is 9.73 Å². The van der Waals surface area contributed by atoms with Crippen molar-refractivity contribution >= 4 is 22.9 Å². The highest BCUT2D eigenvalue weighted by atomic mass is 32.2. The first-order valence-corrected chi connectivity index (χ1v) is 8.50. The van der Waals surface area contributed by atoms with Gasteiger partial charge in [-0.2, -0.15) is 0 Å². The van der Waals surface area contributed by atoms with Gasteiger partial charge in [0.1, 0.15) is 0 Å². The fourth-order valence-corrected chi connectivity index (χ4v) is 3.06. The summed E-state index contributed by atoms with van der Waals surface area (Å²) in [5, 5.41) is 4.06. The monoisotopic (exact) mass is 298 g/mol. The van der Waals surface area contributed by atoms with Crippen molar-refractivity contribution in [2.24, 2.45) is 4.99 Å². The van der Waals surface area contributed by atoms with Crippen molar-refractivity contribution < 1.29 is 9.53 Å². The average molecular weight is 298 g/mol. The standard InChI is InChI=1S/C15H26N2O2S/c1-6-8-9-10-15(4)12(13(18)19-7-2)11(3)16-14(17-15)20-5/h6-10H2,1-5H3,(H,16,17). The van der Waals surface area contributed by atoms with E-state index in [0.717, 1.165) is 36.5 Å². The molecule has 0 aromatic rings. The zero-order valence-electron chi connectivity index (χ0n) is 13.2. The van der Waals surface area contributed by atoms with Gasteiger partial charge in [0.25, 0.3) is 0 Å².